The lowest BCUT2D eigenvalue weighted by molar-refractivity contribution is 0.202. The molecule has 2 atom stereocenters. The van der Waals surface area contributed by atoms with Gasteiger partial charge in [-0.2, -0.15) is 4.31 Å². The number of halogens is 1. The van der Waals surface area contributed by atoms with Crippen LogP contribution < -0.4 is 5.73 Å². The van der Waals surface area contributed by atoms with Crippen molar-refractivity contribution in [3.63, 3.8) is 0 Å². The van der Waals surface area contributed by atoms with Gasteiger partial charge >= 0.3 is 0 Å². The Balaban J connectivity index is 2.38. The molecule has 19 heavy (non-hydrogen) atoms. The lowest BCUT2D eigenvalue weighted by atomic mass is 9.94. The Morgan fingerprint density at radius 2 is 2.05 bits per heavy atom. The molecule has 0 saturated carbocycles. The van der Waals surface area contributed by atoms with Crippen LogP contribution in [-0.4, -0.2) is 25.3 Å². The molecular formula is C13H19ClN2O2S. The maximum absolute atomic E-state index is 12.6. The SMILES string of the molecule is CC1CCCN(S(=O)(=O)c2ccc(N)c(Cl)c2)C1C. The molecule has 2 N–H and O–H groups in total. The van der Waals surface area contributed by atoms with Gasteiger partial charge in [-0.15, -0.1) is 0 Å². The molecule has 2 rings (SSSR count). The highest BCUT2D eigenvalue weighted by Gasteiger charge is 2.34. The zero-order valence-corrected chi connectivity index (χ0v) is 12.7. The van der Waals surface area contributed by atoms with Gasteiger partial charge in [0.15, 0.2) is 0 Å². The Morgan fingerprint density at radius 1 is 1.37 bits per heavy atom. The molecule has 1 saturated heterocycles. The summed E-state index contributed by atoms with van der Waals surface area (Å²) in [6, 6.07) is 4.49. The van der Waals surface area contributed by atoms with Gasteiger partial charge in [0.05, 0.1) is 15.6 Å². The maximum atomic E-state index is 12.6. The maximum Gasteiger partial charge on any atom is 0.243 e. The van der Waals surface area contributed by atoms with E-state index >= 15 is 0 Å². The minimum Gasteiger partial charge on any atom is -0.398 e. The Bertz CT molecular complexity index is 574. The first kappa shape index (κ1) is 14.6. The fraction of sp³-hybridized carbons (Fsp3) is 0.538. The van der Waals surface area contributed by atoms with E-state index in [1.807, 2.05) is 6.92 Å². The summed E-state index contributed by atoms with van der Waals surface area (Å²) in [6.45, 7) is 4.61. The summed E-state index contributed by atoms with van der Waals surface area (Å²) in [6.07, 6.45) is 1.96. The van der Waals surface area contributed by atoms with Crippen molar-refractivity contribution in [3.05, 3.63) is 23.2 Å². The van der Waals surface area contributed by atoms with Gasteiger partial charge in [0.1, 0.15) is 0 Å². The molecule has 0 bridgehead atoms. The molecule has 1 aliphatic heterocycles. The molecule has 4 nitrogen and oxygen atoms in total. The first-order chi connectivity index (χ1) is 8.84. The van der Waals surface area contributed by atoms with Crippen LogP contribution in [0.25, 0.3) is 0 Å². The molecule has 0 radical (unpaired) electrons. The van der Waals surface area contributed by atoms with Crippen LogP contribution in [0, 0.1) is 5.92 Å². The molecule has 1 heterocycles. The molecule has 0 spiro atoms. The Hall–Kier alpha value is -0.780. The number of hydrogen-bond acceptors (Lipinski definition) is 3. The van der Waals surface area contributed by atoms with Crippen molar-refractivity contribution in [2.24, 2.45) is 5.92 Å². The molecule has 1 aromatic rings. The Labute approximate surface area is 119 Å². The Morgan fingerprint density at radius 3 is 2.68 bits per heavy atom. The summed E-state index contributed by atoms with van der Waals surface area (Å²) >= 11 is 5.92. The van der Waals surface area contributed by atoms with Crippen LogP contribution in [0.3, 0.4) is 0 Å². The van der Waals surface area contributed by atoms with E-state index in [9.17, 15) is 8.42 Å². The second kappa shape index (κ2) is 5.31. The summed E-state index contributed by atoms with van der Waals surface area (Å²) in [7, 11) is -3.49. The van der Waals surface area contributed by atoms with E-state index in [2.05, 4.69) is 6.92 Å². The third-order valence-corrected chi connectivity index (χ3v) is 6.20. The zero-order valence-electron chi connectivity index (χ0n) is 11.1. The summed E-state index contributed by atoms with van der Waals surface area (Å²) in [5.41, 5.74) is 6.01. The second-order valence-electron chi connectivity index (χ2n) is 5.16. The van der Waals surface area contributed by atoms with Crippen LogP contribution in [0.5, 0.6) is 0 Å². The molecular weight excluding hydrogens is 284 g/mol. The lowest BCUT2D eigenvalue weighted by Crippen LogP contribution is -2.45. The topological polar surface area (TPSA) is 63.4 Å². The number of piperidine rings is 1. The van der Waals surface area contributed by atoms with Crippen molar-refractivity contribution in [1.29, 1.82) is 0 Å². The first-order valence-electron chi connectivity index (χ1n) is 6.41. The van der Waals surface area contributed by atoms with Gasteiger partial charge in [-0.25, -0.2) is 8.42 Å². The number of nitrogens with zero attached hydrogens (tertiary/aromatic N) is 1. The minimum absolute atomic E-state index is 0.00933. The predicted octanol–water partition coefficient (Wildman–Crippen LogP) is 2.73. The van der Waals surface area contributed by atoms with Gasteiger partial charge in [0.25, 0.3) is 0 Å². The number of benzene rings is 1. The zero-order chi connectivity index (χ0) is 14.2. The largest absolute Gasteiger partial charge is 0.398 e. The van der Waals surface area contributed by atoms with Gasteiger partial charge in [-0.1, -0.05) is 18.5 Å². The molecule has 1 fully saturated rings. The fourth-order valence-corrected chi connectivity index (χ4v) is 4.48. The minimum atomic E-state index is -3.49. The van der Waals surface area contributed by atoms with E-state index in [-0.39, 0.29) is 16.0 Å². The monoisotopic (exact) mass is 302 g/mol. The van der Waals surface area contributed by atoms with Crippen molar-refractivity contribution in [2.45, 2.75) is 37.6 Å². The van der Waals surface area contributed by atoms with E-state index in [4.69, 9.17) is 17.3 Å². The number of nitrogens with two attached hydrogens (primary N) is 1. The third kappa shape index (κ3) is 2.73. The Kier molecular flexibility index (Phi) is 4.08. The van der Waals surface area contributed by atoms with Gasteiger partial charge in [-0.3, -0.25) is 0 Å². The average Bonchev–Trinajstić information content (AvgIpc) is 2.35. The van der Waals surface area contributed by atoms with E-state index < -0.39 is 10.0 Å². The standard InChI is InChI=1S/C13H19ClN2O2S/c1-9-4-3-7-16(10(9)2)19(17,18)11-5-6-13(15)12(14)8-11/h5-6,8-10H,3-4,7,15H2,1-2H3. The predicted molar refractivity (Wildman–Crippen MR) is 77.6 cm³/mol. The van der Waals surface area contributed by atoms with Gasteiger partial charge in [0, 0.05) is 12.6 Å². The highest BCUT2D eigenvalue weighted by Crippen LogP contribution is 2.30. The van der Waals surface area contributed by atoms with Crippen LogP contribution in [0.1, 0.15) is 26.7 Å². The van der Waals surface area contributed by atoms with Crippen molar-refractivity contribution in [2.75, 3.05) is 12.3 Å². The molecule has 6 heteroatoms. The van der Waals surface area contributed by atoms with Crippen LogP contribution >= 0.6 is 11.6 Å². The van der Waals surface area contributed by atoms with Crippen LogP contribution in [0.2, 0.25) is 5.02 Å². The number of sulfonamides is 1. The fourth-order valence-electron chi connectivity index (χ4n) is 2.44. The van der Waals surface area contributed by atoms with E-state index in [1.165, 1.54) is 18.2 Å². The van der Waals surface area contributed by atoms with Crippen molar-refractivity contribution >= 4 is 27.3 Å². The van der Waals surface area contributed by atoms with Crippen molar-refractivity contribution in [1.82, 2.24) is 4.31 Å². The normalized spacial score (nSPS) is 25.4. The third-order valence-electron chi connectivity index (χ3n) is 3.89. The van der Waals surface area contributed by atoms with Crippen molar-refractivity contribution < 1.29 is 8.42 Å². The van der Waals surface area contributed by atoms with Gasteiger partial charge < -0.3 is 5.73 Å². The molecule has 2 unspecified atom stereocenters. The number of rotatable bonds is 2. The lowest BCUT2D eigenvalue weighted by Gasteiger charge is -2.36. The number of anilines is 1. The summed E-state index contributed by atoms with van der Waals surface area (Å²) < 4.78 is 26.8. The molecule has 0 aromatic heterocycles. The smallest absolute Gasteiger partial charge is 0.243 e. The average molecular weight is 303 g/mol. The highest BCUT2D eigenvalue weighted by molar-refractivity contribution is 7.89. The number of nitrogen functional groups attached to an aromatic ring is 1. The van der Waals surface area contributed by atoms with E-state index in [0.29, 0.717) is 18.2 Å². The van der Waals surface area contributed by atoms with E-state index in [0.717, 1.165) is 12.8 Å². The number of hydrogen-bond donors (Lipinski definition) is 1. The molecule has 0 aliphatic carbocycles. The van der Waals surface area contributed by atoms with Crippen LogP contribution in [-0.2, 0) is 10.0 Å². The van der Waals surface area contributed by atoms with Gasteiger partial charge in [0.2, 0.25) is 10.0 Å². The van der Waals surface area contributed by atoms with Crippen molar-refractivity contribution in [3.8, 4) is 0 Å². The summed E-state index contributed by atoms with van der Waals surface area (Å²) in [5, 5.41) is 0.277. The van der Waals surface area contributed by atoms with Crippen LogP contribution in [0.15, 0.2) is 23.1 Å². The molecule has 1 aromatic carbocycles. The second-order valence-corrected chi connectivity index (χ2v) is 7.46. The first-order valence-corrected chi connectivity index (χ1v) is 8.22. The van der Waals surface area contributed by atoms with Gasteiger partial charge in [-0.05, 0) is 43.9 Å². The molecule has 1 aliphatic rings. The molecule has 0 amide bonds. The summed E-state index contributed by atoms with van der Waals surface area (Å²) in [4.78, 5) is 0.215. The van der Waals surface area contributed by atoms with Crippen LogP contribution in [0.4, 0.5) is 5.69 Å². The highest BCUT2D eigenvalue weighted by atomic mass is 35.5. The molecule has 106 valence electrons. The van der Waals surface area contributed by atoms with E-state index in [1.54, 1.807) is 4.31 Å². The summed E-state index contributed by atoms with van der Waals surface area (Å²) in [5.74, 6) is 0.368. The quantitative estimate of drug-likeness (QED) is 0.854.